The fourth-order valence-corrected chi connectivity index (χ4v) is 4.13. The molecule has 2 unspecified atom stereocenters. The number of nitrogens with one attached hydrogen (secondary N) is 1. The number of nitrogens with zero attached hydrogens (tertiary/aromatic N) is 3. The summed E-state index contributed by atoms with van der Waals surface area (Å²) in [5.74, 6) is 1.58. The Balaban J connectivity index is 1.72. The summed E-state index contributed by atoms with van der Waals surface area (Å²) in [7, 11) is 3.11. The van der Waals surface area contributed by atoms with Crippen LogP contribution < -0.4 is 10.1 Å². The molecule has 166 valence electrons. The normalized spacial score (nSPS) is 17.9. The van der Waals surface area contributed by atoms with Crippen LogP contribution in [-0.4, -0.2) is 47.3 Å². The van der Waals surface area contributed by atoms with Gasteiger partial charge in [0.1, 0.15) is 23.3 Å². The van der Waals surface area contributed by atoms with Gasteiger partial charge in [-0.15, -0.1) is 0 Å². The lowest BCUT2D eigenvalue weighted by Crippen LogP contribution is -2.32. The van der Waals surface area contributed by atoms with Gasteiger partial charge in [-0.05, 0) is 42.5 Å². The zero-order chi connectivity index (χ0) is 22.7. The van der Waals surface area contributed by atoms with E-state index in [1.807, 2.05) is 35.2 Å². The molecule has 0 bridgehead atoms. The van der Waals surface area contributed by atoms with Crippen molar-refractivity contribution < 1.29 is 18.8 Å². The SMILES string of the molecule is COCCN1C(=S)NC(c2ccccn2)C1c1ccc(-c2ccc([N+](=O)[O-])cc2OC)o1. The molecular weight excluding hydrogens is 432 g/mol. The second-order valence-electron chi connectivity index (χ2n) is 7.16. The van der Waals surface area contributed by atoms with Crippen molar-refractivity contribution in [2.75, 3.05) is 27.4 Å². The molecule has 1 N–H and O–H groups in total. The van der Waals surface area contributed by atoms with Crippen molar-refractivity contribution in [3.8, 4) is 17.1 Å². The number of nitro benzene ring substituents is 1. The number of pyridine rings is 1. The first kappa shape index (κ1) is 21.7. The minimum Gasteiger partial charge on any atom is -0.496 e. The quantitative estimate of drug-likeness (QED) is 0.308. The van der Waals surface area contributed by atoms with Gasteiger partial charge < -0.3 is 24.1 Å². The summed E-state index contributed by atoms with van der Waals surface area (Å²) in [5.41, 5.74) is 1.41. The lowest BCUT2D eigenvalue weighted by Gasteiger charge is -2.25. The van der Waals surface area contributed by atoms with Crippen LogP contribution >= 0.6 is 12.2 Å². The van der Waals surface area contributed by atoms with Gasteiger partial charge in [0, 0.05) is 25.9 Å². The van der Waals surface area contributed by atoms with Crippen molar-refractivity contribution in [3.63, 3.8) is 0 Å². The lowest BCUT2D eigenvalue weighted by molar-refractivity contribution is -0.384. The number of ether oxygens (including phenoxy) is 2. The van der Waals surface area contributed by atoms with Gasteiger partial charge in [-0.25, -0.2) is 0 Å². The zero-order valence-corrected chi connectivity index (χ0v) is 18.4. The van der Waals surface area contributed by atoms with E-state index in [2.05, 4.69) is 10.3 Å². The molecule has 1 aliphatic heterocycles. The van der Waals surface area contributed by atoms with Crippen molar-refractivity contribution in [1.82, 2.24) is 15.2 Å². The van der Waals surface area contributed by atoms with Crippen molar-refractivity contribution in [3.05, 3.63) is 76.3 Å². The number of rotatable bonds is 8. The summed E-state index contributed by atoms with van der Waals surface area (Å²) in [4.78, 5) is 17.2. The average molecular weight is 455 g/mol. The molecule has 1 aromatic carbocycles. The first-order valence-electron chi connectivity index (χ1n) is 9.93. The molecule has 1 aliphatic rings. The molecule has 0 saturated carbocycles. The van der Waals surface area contributed by atoms with Crippen molar-refractivity contribution >= 4 is 23.0 Å². The van der Waals surface area contributed by atoms with E-state index in [0.717, 1.165) is 5.69 Å². The third kappa shape index (κ3) is 4.14. The monoisotopic (exact) mass is 454 g/mol. The standard InChI is InChI=1S/C22H22N4O5S/c1-29-12-11-25-21(20(24-22(25)32)16-5-3-4-10-23-16)18-9-8-17(31-18)15-7-6-14(26(27)28)13-19(15)30-2/h3-10,13,20-21H,11-12H2,1-2H3,(H,24,32). The van der Waals surface area contributed by atoms with E-state index in [0.29, 0.717) is 41.1 Å². The van der Waals surface area contributed by atoms with Crippen LogP contribution in [0.1, 0.15) is 23.5 Å². The Kier molecular flexibility index (Phi) is 6.33. The van der Waals surface area contributed by atoms with Crippen molar-refractivity contribution in [2.24, 2.45) is 0 Å². The number of thiocarbonyl (C=S) groups is 1. The number of nitro groups is 1. The molecule has 1 saturated heterocycles. The molecule has 0 amide bonds. The summed E-state index contributed by atoms with van der Waals surface area (Å²) in [6, 6.07) is 13.4. The number of furan rings is 1. The highest BCUT2D eigenvalue weighted by molar-refractivity contribution is 7.80. The Morgan fingerprint density at radius 1 is 1.25 bits per heavy atom. The van der Waals surface area contributed by atoms with Gasteiger partial charge in [0.05, 0.1) is 42.0 Å². The van der Waals surface area contributed by atoms with Gasteiger partial charge in [0.15, 0.2) is 5.11 Å². The van der Waals surface area contributed by atoms with Crippen LogP contribution in [0.25, 0.3) is 11.3 Å². The van der Waals surface area contributed by atoms with E-state index < -0.39 is 4.92 Å². The topological polar surface area (TPSA) is 103 Å². The Morgan fingerprint density at radius 3 is 2.78 bits per heavy atom. The molecule has 0 spiro atoms. The third-order valence-corrected chi connectivity index (χ3v) is 5.67. The van der Waals surface area contributed by atoms with E-state index in [1.54, 1.807) is 19.4 Å². The summed E-state index contributed by atoms with van der Waals surface area (Å²) >= 11 is 5.59. The maximum atomic E-state index is 11.1. The van der Waals surface area contributed by atoms with Crippen LogP contribution in [0.2, 0.25) is 0 Å². The maximum Gasteiger partial charge on any atom is 0.273 e. The van der Waals surface area contributed by atoms with E-state index in [1.165, 1.54) is 19.2 Å². The zero-order valence-electron chi connectivity index (χ0n) is 17.6. The maximum absolute atomic E-state index is 11.1. The molecule has 2 atom stereocenters. The van der Waals surface area contributed by atoms with Crippen LogP contribution in [-0.2, 0) is 4.74 Å². The molecule has 3 aromatic rings. The van der Waals surface area contributed by atoms with Gasteiger partial charge in [-0.1, -0.05) is 6.07 Å². The molecule has 9 nitrogen and oxygen atoms in total. The van der Waals surface area contributed by atoms with Crippen LogP contribution in [0, 0.1) is 10.1 Å². The second kappa shape index (κ2) is 9.33. The van der Waals surface area contributed by atoms with Crippen LogP contribution in [0.5, 0.6) is 5.75 Å². The number of aromatic nitrogens is 1. The number of hydrogen-bond acceptors (Lipinski definition) is 7. The predicted molar refractivity (Wildman–Crippen MR) is 121 cm³/mol. The highest BCUT2D eigenvalue weighted by Crippen LogP contribution is 2.41. The molecule has 3 heterocycles. The average Bonchev–Trinajstić information content (AvgIpc) is 3.42. The van der Waals surface area contributed by atoms with E-state index in [-0.39, 0.29) is 17.8 Å². The smallest absolute Gasteiger partial charge is 0.273 e. The van der Waals surface area contributed by atoms with Gasteiger partial charge in [0.25, 0.3) is 5.69 Å². The van der Waals surface area contributed by atoms with Crippen LogP contribution in [0.4, 0.5) is 5.69 Å². The number of hydrogen-bond donors (Lipinski definition) is 1. The Hall–Kier alpha value is -3.50. The molecule has 2 aromatic heterocycles. The Morgan fingerprint density at radius 2 is 2.09 bits per heavy atom. The molecule has 1 fully saturated rings. The molecular formula is C22H22N4O5S. The fourth-order valence-electron chi connectivity index (χ4n) is 3.80. The van der Waals surface area contributed by atoms with E-state index >= 15 is 0 Å². The highest BCUT2D eigenvalue weighted by atomic mass is 32.1. The number of non-ortho nitro benzene ring substituents is 1. The van der Waals surface area contributed by atoms with Crippen molar-refractivity contribution in [2.45, 2.75) is 12.1 Å². The van der Waals surface area contributed by atoms with Gasteiger partial charge >= 0.3 is 0 Å². The predicted octanol–water partition coefficient (Wildman–Crippen LogP) is 3.88. The summed E-state index contributed by atoms with van der Waals surface area (Å²) in [6.45, 7) is 1.07. The minimum absolute atomic E-state index is 0.0521. The van der Waals surface area contributed by atoms with Gasteiger partial charge in [-0.2, -0.15) is 0 Å². The Bertz CT molecular complexity index is 1120. The van der Waals surface area contributed by atoms with Crippen LogP contribution in [0.3, 0.4) is 0 Å². The molecule has 32 heavy (non-hydrogen) atoms. The first-order valence-corrected chi connectivity index (χ1v) is 10.3. The van der Waals surface area contributed by atoms with Crippen molar-refractivity contribution in [1.29, 1.82) is 0 Å². The summed E-state index contributed by atoms with van der Waals surface area (Å²) in [6.07, 6.45) is 1.74. The molecule has 4 rings (SSSR count). The largest absolute Gasteiger partial charge is 0.496 e. The van der Waals surface area contributed by atoms with Crippen LogP contribution in [0.15, 0.2) is 59.1 Å². The summed E-state index contributed by atoms with van der Waals surface area (Å²) < 4.78 is 16.9. The number of benzene rings is 1. The first-order chi connectivity index (χ1) is 15.5. The molecule has 10 heteroatoms. The third-order valence-electron chi connectivity index (χ3n) is 5.31. The minimum atomic E-state index is -0.462. The molecule has 0 radical (unpaired) electrons. The fraction of sp³-hybridized carbons (Fsp3) is 0.273. The number of methoxy groups -OCH3 is 2. The van der Waals surface area contributed by atoms with Gasteiger partial charge in [-0.3, -0.25) is 15.1 Å². The van der Waals surface area contributed by atoms with E-state index in [9.17, 15) is 10.1 Å². The van der Waals surface area contributed by atoms with Gasteiger partial charge in [0.2, 0.25) is 0 Å². The molecule has 0 aliphatic carbocycles. The highest BCUT2D eigenvalue weighted by Gasteiger charge is 2.41. The second-order valence-corrected chi connectivity index (χ2v) is 7.54. The van der Waals surface area contributed by atoms with E-state index in [4.69, 9.17) is 26.1 Å². The summed E-state index contributed by atoms with van der Waals surface area (Å²) in [5, 5.41) is 15.0. The Labute approximate surface area is 190 Å². The lowest BCUT2D eigenvalue weighted by atomic mass is 10.0.